The third kappa shape index (κ3) is 2.18. The first-order chi connectivity index (χ1) is 8.75. The van der Waals surface area contributed by atoms with Crippen molar-refractivity contribution in [2.45, 2.75) is 57.0 Å². The van der Waals surface area contributed by atoms with Crippen molar-refractivity contribution in [3.63, 3.8) is 0 Å². The fourth-order valence-corrected chi connectivity index (χ4v) is 3.78. The smallest absolute Gasteiger partial charge is 0.222 e. The van der Waals surface area contributed by atoms with Crippen LogP contribution in [0.4, 0.5) is 0 Å². The van der Waals surface area contributed by atoms with Crippen LogP contribution in [0.3, 0.4) is 0 Å². The maximum Gasteiger partial charge on any atom is 0.222 e. The van der Waals surface area contributed by atoms with E-state index in [-0.39, 0.29) is 0 Å². The van der Waals surface area contributed by atoms with Gasteiger partial charge in [-0.05, 0) is 38.6 Å². The van der Waals surface area contributed by atoms with Crippen LogP contribution in [0, 0.1) is 0 Å². The van der Waals surface area contributed by atoms with Gasteiger partial charge in [0.2, 0.25) is 5.91 Å². The normalized spacial score (nSPS) is 34.6. The molecule has 18 heavy (non-hydrogen) atoms. The molecule has 0 N–H and O–H groups in total. The fourth-order valence-electron chi connectivity index (χ4n) is 3.78. The summed E-state index contributed by atoms with van der Waals surface area (Å²) in [5.74, 6) is 0.866. The van der Waals surface area contributed by atoms with E-state index in [0.717, 1.165) is 45.3 Å². The number of hydrogen-bond acceptors (Lipinski definition) is 3. The Hall–Kier alpha value is -0.900. The largest absolute Gasteiger partial charge is 0.340 e. The van der Waals surface area contributed by atoms with Crippen molar-refractivity contribution in [2.24, 2.45) is 0 Å². The van der Waals surface area contributed by atoms with Crippen LogP contribution in [0.25, 0.3) is 0 Å². The van der Waals surface area contributed by atoms with Gasteiger partial charge in [0.15, 0.2) is 5.78 Å². The molecule has 0 aliphatic carbocycles. The van der Waals surface area contributed by atoms with Crippen molar-refractivity contribution in [1.29, 1.82) is 0 Å². The van der Waals surface area contributed by atoms with Crippen LogP contribution in [0.5, 0.6) is 0 Å². The van der Waals surface area contributed by atoms with Gasteiger partial charge in [-0.3, -0.25) is 14.5 Å². The standard InChI is InChI=1S/2C7H11NO/c9-7-4-3-6-2-1-5-8(6)7;9-7-3-5-8-4-1-2-6(7)8/h2*6H,1-5H2. The number of carbonyl (C=O) groups is 2. The first kappa shape index (κ1) is 12.2. The average Bonchev–Trinajstić information content (AvgIpc) is 3.06. The minimum Gasteiger partial charge on any atom is -0.340 e. The molecule has 4 heteroatoms. The van der Waals surface area contributed by atoms with Gasteiger partial charge in [-0.15, -0.1) is 0 Å². The number of carbonyl (C=O) groups excluding carboxylic acids is 2. The zero-order valence-corrected chi connectivity index (χ0v) is 10.9. The Morgan fingerprint density at radius 2 is 1.72 bits per heavy atom. The molecule has 4 rings (SSSR count). The molecular formula is C14H22N2O2. The van der Waals surface area contributed by atoms with Crippen LogP contribution in [-0.2, 0) is 9.59 Å². The number of Topliss-reactive ketones (excluding diaryl/α,β-unsaturated/α-hetero) is 1. The van der Waals surface area contributed by atoms with Gasteiger partial charge in [-0.25, -0.2) is 0 Å². The molecular weight excluding hydrogens is 228 g/mol. The van der Waals surface area contributed by atoms with E-state index in [0.29, 0.717) is 23.8 Å². The summed E-state index contributed by atoms with van der Waals surface area (Å²) < 4.78 is 0. The lowest BCUT2D eigenvalue weighted by Gasteiger charge is -2.13. The first-order valence-electron chi connectivity index (χ1n) is 7.32. The predicted octanol–water partition coefficient (Wildman–Crippen LogP) is 1.19. The van der Waals surface area contributed by atoms with Crippen LogP contribution in [0.1, 0.15) is 44.9 Å². The van der Waals surface area contributed by atoms with E-state index < -0.39 is 0 Å². The quantitative estimate of drug-likeness (QED) is 0.648. The zero-order valence-electron chi connectivity index (χ0n) is 10.9. The summed E-state index contributed by atoms with van der Waals surface area (Å²) in [5.41, 5.74) is 0. The van der Waals surface area contributed by atoms with Crippen molar-refractivity contribution in [2.75, 3.05) is 19.6 Å². The molecule has 0 aromatic carbocycles. The Labute approximate surface area is 108 Å². The highest BCUT2D eigenvalue weighted by atomic mass is 16.2. The van der Waals surface area contributed by atoms with Crippen LogP contribution in [0.15, 0.2) is 0 Å². The van der Waals surface area contributed by atoms with E-state index in [4.69, 9.17) is 0 Å². The highest BCUT2D eigenvalue weighted by molar-refractivity contribution is 5.86. The third-order valence-corrected chi connectivity index (χ3v) is 4.77. The summed E-state index contributed by atoms with van der Waals surface area (Å²) in [6.45, 7) is 3.23. The van der Waals surface area contributed by atoms with E-state index in [1.54, 1.807) is 0 Å². The van der Waals surface area contributed by atoms with Gasteiger partial charge >= 0.3 is 0 Å². The lowest BCUT2D eigenvalue weighted by Crippen LogP contribution is -2.26. The van der Waals surface area contributed by atoms with E-state index in [2.05, 4.69) is 4.90 Å². The summed E-state index contributed by atoms with van der Waals surface area (Å²) >= 11 is 0. The highest BCUT2D eigenvalue weighted by Crippen LogP contribution is 2.28. The molecule has 0 radical (unpaired) electrons. The number of fused-ring (bicyclic) bond motifs is 2. The number of amides is 1. The molecule has 4 aliphatic rings. The van der Waals surface area contributed by atoms with Gasteiger partial charge in [0.05, 0.1) is 6.04 Å². The highest BCUT2D eigenvalue weighted by Gasteiger charge is 2.35. The maximum atomic E-state index is 11.0. The first-order valence-corrected chi connectivity index (χ1v) is 7.32. The molecule has 0 bridgehead atoms. The van der Waals surface area contributed by atoms with Crippen LogP contribution in [0.2, 0.25) is 0 Å². The van der Waals surface area contributed by atoms with Gasteiger partial charge in [0, 0.05) is 32.0 Å². The Balaban J connectivity index is 0.000000111. The molecule has 4 aliphatic heterocycles. The minimum absolute atomic E-state index is 0.338. The van der Waals surface area contributed by atoms with Crippen molar-refractivity contribution in [3.05, 3.63) is 0 Å². The number of rotatable bonds is 0. The summed E-state index contributed by atoms with van der Waals surface area (Å²) in [6, 6.07) is 0.975. The third-order valence-electron chi connectivity index (χ3n) is 4.77. The molecule has 4 nitrogen and oxygen atoms in total. The van der Waals surface area contributed by atoms with Gasteiger partial charge in [-0.1, -0.05) is 0 Å². The van der Waals surface area contributed by atoms with Crippen molar-refractivity contribution in [1.82, 2.24) is 9.80 Å². The Morgan fingerprint density at radius 3 is 2.50 bits per heavy atom. The van der Waals surface area contributed by atoms with Crippen LogP contribution < -0.4 is 0 Å². The molecule has 4 heterocycles. The molecule has 1 amide bonds. The zero-order chi connectivity index (χ0) is 12.5. The lowest BCUT2D eigenvalue weighted by molar-refractivity contribution is -0.127. The second-order valence-corrected chi connectivity index (χ2v) is 5.83. The summed E-state index contributed by atoms with van der Waals surface area (Å²) in [4.78, 5) is 26.3. The van der Waals surface area contributed by atoms with E-state index in [1.807, 2.05) is 4.90 Å². The van der Waals surface area contributed by atoms with Crippen molar-refractivity contribution < 1.29 is 9.59 Å². The summed E-state index contributed by atoms with van der Waals surface area (Å²) in [7, 11) is 0. The molecule has 4 fully saturated rings. The van der Waals surface area contributed by atoms with Gasteiger partial charge in [0.1, 0.15) is 0 Å². The average molecular weight is 250 g/mol. The Bertz CT molecular complexity index is 322. The SMILES string of the molecule is O=C1CCC2CCCN12.O=C1CCN2CCCC12. The summed E-state index contributed by atoms with van der Waals surface area (Å²) in [5, 5.41) is 0. The Morgan fingerprint density at radius 1 is 0.889 bits per heavy atom. The lowest BCUT2D eigenvalue weighted by atomic mass is 10.1. The molecule has 0 aromatic rings. The second kappa shape index (κ2) is 5.00. The topological polar surface area (TPSA) is 40.6 Å². The van der Waals surface area contributed by atoms with E-state index >= 15 is 0 Å². The number of ketones is 1. The van der Waals surface area contributed by atoms with E-state index in [9.17, 15) is 9.59 Å². The molecule has 2 unspecified atom stereocenters. The fraction of sp³-hybridized carbons (Fsp3) is 0.857. The molecule has 0 saturated carbocycles. The molecule has 0 spiro atoms. The molecule has 100 valence electrons. The van der Waals surface area contributed by atoms with Gasteiger partial charge < -0.3 is 4.90 Å². The van der Waals surface area contributed by atoms with Crippen molar-refractivity contribution in [3.8, 4) is 0 Å². The molecule has 4 saturated heterocycles. The van der Waals surface area contributed by atoms with E-state index in [1.165, 1.54) is 19.3 Å². The second-order valence-electron chi connectivity index (χ2n) is 5.83. The van der Waals surface area contributed by atoms with Gasteiger partial charge in [-0.2, -0.15) is 0 Å². The monoisotopic (exact) mass is 250 g/mol. The molecule has 2 atom stereocenters. The predicted molar refractivity (Wildman–Crippen MR) is 68.2 cm³/mol. The maximum absolute atomic E-state index is 11.0. The van der Waals surface area contributed by atoms with Crippen molar-refractivity contribution >= 4 is 11.7 Å². The van der Waals surface area contributed by atoms with Gasteiger partial charge in [0.25, 0.3) is 0 Å². The van der Waals surface area contributed by atoms with Crippen LogP contribution >= 0.6 is 0 Å². The number of nitrogens with zero attached hydrogens (tertiary/aromatic N) is 2. The Kier molecular flexibility index (Phi) is 3.37. The summed E-state index contributed by atoms with van der Waals surface area (Å²) in [6.07, 6.45) is 7.59. The number of hydrogen-bond donors (Lipinski definition) is 0. The van der Waals surface area contributed by atoms with Crippen LogP contribution in [-0.4, -0.2) is 53.2 Å². The molecule has 0 aromatic heterocycles. The minimum atomic E-state index is 0.338.